The maximum Gasteiger partial charge on any atom is 0.279 e. The van der Waals surface area contributed by atoms with Gasteiger partial charge in [0, 0.05) is 11.6 Å². The molecule has 14 heavy (non-hydrogen) atoms. The van der Waals surface area contributed by atoms with Crippen molar-refractivity contribution in [2.75, 3.05) is 0 Å². The fourth-order valence-corrected chi connectivity index (χ4v) is 1.05. The molecule has 0 fully saturated rings. The highest BCUT2D eigenvalue weighted by Crippen LogP contribution is 2.24. The summed E-state index contributed by atoms with van der Waals surface area (Å²) in [5, 5.41) is 20.9. The molecule has 0 aliphatic carbocycles. The molecule has 0 saturated heterocycles. The lowest BCUT2D eigenvalue weighted by Gasteiger charge is -1.98. The van der Waals surface area contributed by atoms with E-state index in [4.69, 9.17) is 0 Å². The maximum absolute atomic E-state index is 10.5. The van der Waals surface area contributed by atoms with Crippen LogP contribution in [0.1, 0.15) is 5.56 Å². The van der Waals surface area contributed by atoms with E-state index >= 15 is 0 Å². The van der Waals surface area contributed by atoms with Crippen LogP contribution in [-0.4, -0.2) is 9.85 Å². The molecule has 6 nitrogen and oxygen atoms in total. The molecule has 0 unspecified atom stereocenters. The summed E-state index contributed by atoms with van der Waals surface area (Å²) in [6.45, 7) is 3.50. The number of rotatable bonds is 3. The number of hydrogen-bond acceptors (Lipinski definition) is 4. The van der Waals surface area contributed by atoms with E-state index in [1.165, 1.54) is 12.1 Å². The van der Waals surface area contributed by atoms with E-state index in [0.717, 1.165) is 6.07 Å². The number of hydrogen-bond donors (Lipinski definition) is 0. The van der Waals surface area contributed by atoms with Gasteiger partial charge < -0.3 is 0 Å². The second kappa shape index (κ2) is 3.82. The third-order valence-corrected chi connectivity index (χ3v) is 1.75. The lowest BCUT2D eigenvalue weighted by atomic mass is 10.1. The summed E-state index contributed by atoms with van der Waals surface area (Å²) in [6.07, 6.45) is 0.230. The van der Waals surface area contributed by atoms with Crippen molar-refractivity contribution in [1.29, 1.82) is 0 Å². The van der Waals surface area contributed by atoms with Gasteiger partial charge in [0.05, 0.1) is 15.9 Å². The minimum absolute atomic E-state index is 0.230. The van der Waals surface area contributed by atoms with Crippen LogP contribution in [0.25, 0.3) is 0 Å². The smallest absolute Gasteiger partial charge is 0.258 e. The molecule has 0 bridgehead atoms. The Kier molecular flexibility index (Phi) is 2.76. The highest BCUT2D eigenvalue weighted by molar-refractivity contribution is 5.49. The van der Waals surface area contributed by atoms with Gasteiger partial charge in [0.1, 0.15) is 0 Å². The lowest BCUT2D eigenvalue weighted by Crippen LogP contribution is -1.96. The van der Waals surface area contributed by atoms with Crippen molar-refractivity contribution in [2.45, 2.75) is 6.42 Å². The molecule has 0 aliphatic heterocycles. The number of nitro benzene ring substituents is 2. The summed E-state index contributed by atoms with van der Waals surface area (Å²) < 4.78 is 0. The quantitative estimate of drug-likeness (QED) is 0.544. The number of nitrogens with zero attached hydrogens (tertiary/aromatic N) is 2. The molecule has 1 aromatic rings. The summed E-state index contributed by atoms with van der Waals surface area (Å²) in [4.78, 5) is 19.5. The first-order valence-corrected chi connectivity index (χ1v) is 3.77. The Morgan fingerprint density at radius 3 is 2.29 bits per heavy atom. The summed E-state index contributed by atoms with van der Waals surface area (Å²) in [5.41, 5.74) is -0.149. The van der Waals surface area contributed by atoms with Gasteiger partial charge in [-0.2, -0.15) is 0 Å². The molecule has 0 heterocycles. The Bertz CT molecular complexity index is 389. The zero-order valence-corrected chi connectivity index (χ0v) is 7.17. The van der Waals surface area contributed by atoms with E-state index < -0.39 is 9.85 Å². The first-order valence-electron chi connectivity index (χ1n) is 3.77. The van der Waals surface area contributed by atoms with Crippen molar-refractivity contribution in [3.63, 3.8) is 0 Å². The van der Waals surface area contributed by atoms with Crippen LogP contribution < -0.4 is 0 Å². The van der Waals surface area contributed by atoms with Crippen LogP contribution in [0.3, 0.4) is 0 Å². The van der Waals surface area contributed by atoms with Gasteiger partial charge in [-0.3, -0.25) is 20.2 Å². The molecule has 6 heteroatoms. The van der Waals surface area contributed by atoms with Crippen LogP contribution in [-0.2, 0) is 6.42 Å². The molecule has 0 saturated carbocycles. The standard InChI is InChI=1S/C8H7N2O4/c1-2-6-3-4-7(9(11)12)5-8(6)10(13)14/h3-5H,1-2H2. The van der Waals surface area contributed by atoms with Crippen molar-refractivity contribution in [1.82, 2.24) is 0 Å². The summed E-state index contributed by atoms with van der Waals surface area (Å²) in [7, 11) is 0. The highest BCUT2D eigenvalue weighted by atomic mass is 16.6. The Morgan fingerprint density at radius 2 is 1.86 bits per heavy atom. The van der Waals surface area contributed by atoms with E-state index in [2.05, 4.69) is 6.92 Å². The van der Waals surface area contributed by atoms with Gasteiger partial charge in [0.25, 0.3) is 11.4 Å². The zero-order chi connectivity index (χ0) is 10.7. The highest BCUT2D eigenvalue weighted by Gasteiger charge is 2.17. The zero-order valence-electron chi connectivity index (χ0n) is 7.17. The largest absolute Gasteiger partial charge is 0.279 e. The molecule has 1 radical (unpaired) electrons. The lowest BCUT2D eigenvalue weighted by molar-refractivity contribution is -0.394. The predicted octanol–water partition coefficient (Wildman–Crippen LogP) is 1.88. The average Bonchev–Trinajstić information content (AvgIpc) is 2.16. The van der Waals surface area contributed by atoms with Gasteiger partial charge in [-0.25, -0.2) is 0 Å². The van der Waals surface area contributed by atoms with Crippen LogP contribution in [0, 0.1) is 27.2 Å². The molecule has 0 amide bonds. The van der Waals surface area contributed by atoms with Crippen molar-refractivity contribution in [3.8, 4) is 0 Å². The Hall–Kier alpha value is -1.98. The number of non-ortho nitro benzene ring substituents is 1. The minimum Gasteiger partial charge on any atom is -0.258 e. The minimum atomic E-state index is -0.667. The fraction of sp³-hybridized carbons (Fsp3) is 0.125. The van der Waals surface area contributed by atoms with E-state index in [9.17, 15) is 20.2 Å². The molecular formula is C8H7N2O4. The first kappa shape index (κ1) is 10.1. The number of benzene rings is 1. The van der Waals surface area contributed by atoms with E-state index in [1.54, 1.807) is 0 Å². The van der Waals surface area contributed by atoms with Crippen LogP contribution in [0.2, 0.25) is 0 Å². The Morgan fingerprint density at radius 1 is 1.21 bits per heavy atom. The first-order chi connectivity index (χ1) is 6.56. The van der Waals surface area contributed by atoms with E-state index in [1.807, 2.05) is 0 Å². The SMILES string of the molecule is [CH2]Cc1ccc([N+](=O)[O-])cc1[N+](=O)[O-]. The Balaban J connectivity index is 3.27. The monoisotopic (exact) mass is 195 g/mol. The van der Waals surface area contributed by atoms with Crippen molar-refractivity contribution >= 4 is 11.4 Å². The summed E-state index contributed by atoms with van der Waals surface area (Å²) >= 11 is 0. The molecule has 0 N–H and O–H groups in total. The fourth-order valence-electron chi connectivity index (χ4n) is 1.05. The second-order valence-corrected chi connectivity index (χ2v) is 2.58. The summed E-state index contributed by atoms with van der Waals surface area (Å²) in [6, 6.07) is 3.53. The third kappa shape index (κ3) is 1.85. The van der Waals surface area contributed by atoms with Gasteiger partial charge in [-0.05, 0) is 19.4 Å². The molecule has 0 atom stereocenters. The van der Waals surface area contributed by atoms with Gasteiger partial charge in [-0.1, -0.05) is 0 Å². The Labute approximate surface area is 79.5 Å². The van der Waals surface area contributed by atoms with Crippen molar-refractivity contribution in [2.24, 2.45) is 0 Å². The maximum atomic E-state index is 10.5. The third-order valence-electron chi connectivity index (χ3n) is 1.75. The molecule has 1 aromatic carbocycles. The van der Waals surface area contributed by atoms with E-state index in [-0.39, 0.29) is 17.8 Å². The molecule has 73 valence electrons. The molecular weight excluding hydrogens is 188 g/mol. The molecule has 0 spiro atoms. The van der Waals surface area contributed by atoms with Gasteiger partial charge in [0.2, 0.25) is 0 Å². The summed E-state index contributed by atoms with van der Waals surface area (Å²) in [5.74, 6) is 0. The van der Waals surface area contributed by atoms with Crippen LogP contribution in [0.5, 0.6) is 0 Å². The van der Waals surface area contributed by atoms with Gasteiger partial charge in [0.15, 0.2) is 0 Å². The van der Waals surface area contributed by atoms with E-state index in [0.29, 0.717) is 5.56 Å². The van der Waals surface area contributed by atoms with Gasteiger partial charge >= 0.3 is 0 Å². The topological polar surface area (TPSA) is 86.3 Å². The second-order valence-electron chi connectivity index (χ2n) is 2.58. The predicted molar refractivity (Wildman–Crippen MR) is 48.8 cm³/mol. The van der Waals surface area contributed by atoms with Crippen molar-refractivity contribution in [3.05, 3.63) is 50.9 Å². The van der Waals surface area contributed by atoms with Crippen molar-refractivity contribution < 1.29 is 9.85 Å². The molecule has 1 rings (SSSR count). The van der Waals surface area contributed by atoms with Crippen LogP contribution in [0.15, 0.2) is 18.2 Å². The normalized spacial score (nSPS) is 9.79. The van der Waals surface area contributed by atoms with Crippen LogP contribution >= 0.6 is 0 Å². The average molecular weight is 195 g/mol. The molecule has 0 aromatic heterocycles. The van der Waals surface area contributed by atoms with Crippen LogP contribution in [0.4, 0.5) is 11.4 Å². The van der Waals surface area contributed by atoms with Gasteiger partial charge in [-0.15, -0.1) is 0 Å². The number of nitro groups is 2. The molecule has 0 aliphatic rings.